The molecule has 0 unspecified atom stereocenters. The number of hydrogen-bond donors (Lipinski definition) is 0. The van der Waals surface area contributed by atoms with E-state index >= 15 is 0 Å². The van der Waals surface area contributed by atoms with Gasteiger partial charge in [-0.1, -0.05) is 6.58 Å². The van der Waals surface area contributed by atoms with Gasteiger partial charge in [0.15, 0.2) is 0 Å². The van der Waals surface area contributed by atoms with Gasteiger partial charge in [-0.15, -0.1) is 0 Å². The summed E-state index contributed by atoms with van der Waals surface area (Å²) in [6.07, 6.45) is 3.07. The van der Waals surface area contributed by atoms with E-state index in [1.807, 2.05) is 6.92 Å². The Bertz CT molecular complexity index is 157. The van der Waals surface area contributed by atoms with Crippen molar-refractivity contribution < 1.29 is 4.79 Å². The molecular weight excluding hydrogens is 138 g/mol. The highest BCUT2D eigenvalue weighted by Gasteiger charge is 2.17. The van der Waals surface area contributed by atoms with Crippen molar-refractivity contribution in [2.75, 3.05) is 13.1 Å². The number of hydrogen-bond acceptors (Lipinski definition) is 2. The molecule has 2 heteroatoms. The summed E-state index contributed by atoms with van der Waals surface area (Å²) >= 11 is 0. The molecule has 0 aromatic carbocycles. The topological polar surface area (TPSA) is 20.3 Å². The molecule has 0 aromatic heterocycles. The molecule has 11 heavy (non-hydrogen) atoms. The maximum Gasteiger partial charge on any atom is 0.123 e. The number of aldehydes is 1. The Kier molecular flexibility index (Phi) is 2.69. The number of rotatable bonds is 2. The molecule has 1 rings (SSSR count). The van der Waals surface area contributed by atoms with Gasteiger partial charge in [-0.25, -0.2) is 0 Å². The van der Waals surface area contributed by atoms with Gasteiger partial charge in [-0.2, -0.15) is 0 Å². The minimum atomic E-state index is 0.297. The van der Waals surface area contributed by atoms with Gasteiger partial charge in [0.2, 0.25) is 0 Å². The molecule has 0 aromatic rings. The number of allylic oxidation sites excluding steroid dienone is 1. The summed E-state index contributed by atoms with van der Waals surface area (Å²) in [7, 11) is 0. The monoisotopic (exact) mass is 153 g/mol. The number of likely N-dealkylation sites (tertiary alicyclic amines) is 1. The van der Waals surface area contributed by atoms with Gasteiger partial charge in [-0.3, -0.25) is 0 Å². The third-order valence-corrected chi connectivity index (χ3v) is 2.27. The lowest BCUT2D eigenvalue weighted by Gasteiger charge is -2.31. The molecule has 0 atom stereocenters. The van der Waals surface area contributed by atoms with E-state index in [1.54, 1.807) is 0 Å². The van der Waals surface area contributed by atoms with Crippen LogP contribution < -0.4 is 0 Å². The predicted octanol–water partition coefficient (Wildman–Crippen LogP) is 1.43. The van der Waals surface area contributed by atoms with E-state index in [-0.39, 0.29) is 0 Å². The van der Waals surface area contributed by atoms with Crippen LogP contribution in [0.5, 0.6) is 0 Å². The molecule has 0 aliphatic carbocycles. The molecular formula is C9H15NO. The van der Waals surface area contributed by atoms with Gasteiger partial charge < -0.3 is 9.69 Å². The van der Waals surface area contributed by atoms with E-state index in [4.69, 9.17) is 0 Å². The highest BCUT2D eigenvalue weighted by molar-refractivity contribution is 5.53. The number of nitrogens with zero attached hydrogens (tertiary/aromatic N) is 1. The molecule has 1 aliphatic heterocycles. The van der Waals surface area contributed by atoms with Gasteiger partial charge in [0.05, 0.1) is 0 Å². The van der Waals surface area contributed by atoms with Gasteiger partial charge in [-0.05, 0) is 19.8 Å². The molecule has 0 amide bonds. The number of carbonyl (C=O) groups is 1. The van der Waals surface area contributed by atoms with E-state index in [0.29, 0.717) is 5.92 Å². The van der Waals surface area contributed by atoms with Gasteiger partial charge >= 0.3 is 0 Å². The Morgan fingerprint density at radius 1 is 1.55 bits per heavy atom. The fourth-order valence-corrected chi connectivity index (χ4v) is 1.42. The Hall–Kier alpha value is -0.790. The smallest absolute Gasteiger partial charge is 0.123 e. The van der Waals surface area contributed by atoms with Gasteiger partial charge in [0.1, 0.15) is 6.29 Å². The number of carbonyl (C=O) groups excluding carboxylic acids is 1. The van der Waals surface area contributed by atoms with E-state index in [2.05, 4.69) is 11.5 Å². The quantitative estimate of drug-likeness (QED) is 0.559. The second kappa shape index (κ2) is 3.56. The maximum absolute atomic E-state index is 10.4. The second-order valence-corrected chi connectivity index (χ2v) is 3.20. The minimum absolute atomic E-state index is 0.297. The average Bonchev–Trinajstić information content (AvgIpc) is 2.05. The molecule has 1 saturated heterocycles. The molecule has 1 fully saturated rings. The third kappa shape index (κ3) is 2.07. The molecule has 0 spiro atoms. The molecule has 1 aliphatic rings. The van der Waals surface area contributed by atoms with E-state index in [1.165, 1.54) is 0 Å². The Labute approximate surface area is 67.9 Å². The highest BCUT2D eigenvalue weighted by atomic mass is 16.1. The van der Waals surface area contributed by atoms with Crippen molar-refractivity contribution in [3.05, 3.63) is 12.3 Å². The lowest BCUT2D eigenvalue weighted by Crippen LogP contribution is -2.32. The van der Waals surface area contributed by atoms with Crippen molar-refractivity contribution in [3.8, 4) is 0 Å². The van der Waals surface area contributed by atoms with Gasteiger partial charge in [0, 0.05) is 24.7 Å². The summed E-state index contributed by atoms with van der Waals surface area (Å²) in [5.74, 6) is 0.297. The summed E-state index contributed by atoms with van der Waals surface area (Å²) in [5, 5.41) is 0. The van der Waals surface area contributed by atoms with Crippen LogP contribution in [0.4, 0.5) is 0 Å². The molecule has 0 N–H and O–H groups in total. The zero-order valence-corrected chi connectivity index (χ0v) is 7.05. The SMILES string of the molecule is C=C(C)N1CCC(C=O)CC1. The van der Waals surface area contributed by atoms with Crippen molar-refractivity contribution >= 4 is 6.29 Å². The fraction of sp³-hybridized carbons (Fsp3) is 0.667. The molecule has 0 bridgehead atoms. The first-order chi connectivity index (χ1) is 5.24. The molecule has 0 radical (unpaired) electrons. The van der Waals surface area contributed by atoms with E-state index in [0.717, 1.165) is 37.9 Å². The van der Waals surface area contributed by atoms with Crippen LogP contribution in [-0.4, -0.2) is 24.3 Å². The van der Waals surface area contributed by atoms with Crippen LogP contribution in [0, 0.1) is 5.92 Å². The third-order valence-electron chi connectivity index (χ3n) is 2.27. The first-order valence-corrected chi connectivity index (χ1v) is 4.10. The lowest BCUT2D eigenvalue weighted by molar-refractivity contribution is -0.112. The van der Waals surface area contributed by atoms with Crippen molar-refractivity contribution in [2.45, 2.75) is 19.8 Å². The summed E-state index contributed by atoms with van der Waals surface area (Å²) in [6.45, 7) is 7.88. The first-order valence-electron chi connectivity index (χ1n) is 4.10. The summed E-state index contributed by atoms with van der Waals surface area (Å²) in [6, 6.07) is 0. The van der Waals surface area contributed by atoms with Crippen LogP contribution >= 0.6 is 0 Å². The van der Waals surface area contributed by atoms with Crippen LogP contribution in [0.15, 0.2) is 12.3 Å². The number of piperidine rings is 1. The Morgan fingerprint density at radius 2 is 2.09 bits per heavy atom. The summed E-state index contributed by atoms with van der Waals surface area (Å²) in [5.41, 5.74) is 1.12. The van der Waals surface area contributed by atoms with Crippen LogP contribution in [0.1, 0.15) is 19.8 Å². The molecule has 1 heterocycles. The lowest BCUT2D eigenvalue weighted by atomic mass is 9.98. The fourth-order valence-electron chi connectivity index (χ4n) is 1.42. The van der Waals surface area contributed by atoms with Crippen molar-refractivity contribution in [3.63, 3.8) is 0 Å². The first kappa shape index (κ1) is 8.31. The largest absolute Gasteiger partial charge is 0.375 e. The normalized spacial score (nSPS) is 19.9. The van der Waals surface area contributed by atoms with Crippen LogP contribution in [-0.2, 0) is 4.79 Å². The molecule has 0 saturated carbocycles. The van der Waals surface area contributed by atoms with Crippen molar-refractivity contribution in [1.29, 1.82) is 0 Å². The molecule has 2 nitrogen and oxygen atoms in total. The van der Waals surface area contributed by atoms with Crippen LogP contribution in [0.2, 0.25) is 0 Å². The second-order valence-electron chi connectivity index (χ2n) is 3.20. The van der Waals surface area contributed by atoms with Crippen LogP contribution in [0.25, 0.3) is 0 Å². The Balaban J connectivity index is 2.35. The summed E-state index contributed by atoms with van der Waals surface area (Å²) in [4.78, 5) is 12.6. The van der Waals surface area contributed by atoms with Crippen molar-refractivity contribution in [1.82, 2.24) is 4.90 Å². The van der Waals surface area contributed by atoms with Crippen LogP contribution in [0.3, 0.4) is 0 Å². The maximum atomic E-state index is 10.4. The van der Waals surface area contributed by atoms with E-state index in [9.17, 15) is 4.79 Å². The average molecular weight is 153 g/mol. The van der Waals surface area contributed by atoms with E-state index < -0.39 is 0 Å². The minimum Gasteiger partial charge on any atom is -0.375 e. The standard InChI is InChI=1S/C9H15NO/c1-8(2)10-5-3-9(7-11)4-6-10/h7,9H,1,3-6H2,2H3. The summed E-state index contributed by atoms with van der Waals surface area (Å²) < 4.78 is 0. The van der Waals surface area contributed by atoms with Gasteiger partial charge in [0.25, 0.3) is 0 Å². The predicted molar refractivity (Wildman–Crippen MR) is 45.2 cm³/mol. The zero-order chi connectivity index (χ0) is 8.27. The highest BCUT2D eigenvalue weighted by Crippen LogP contribution is 2.17. The Morgan fingerprint density at radius 3 is 2.45 bits per heavy atom. The molecule has 62 valence electrons. The van der Waals surface area contributed by atoms with Crippen molar-refractivity contribution in [2.24, 2.45) is 5.92 Å². The zero-order valence-electron chi connectivity index (χ0n) is 7.05.